The van der Waals surface area contributed by atoms with Crippen LogP contribution in [0.25, 0.3) is 0 Å². The Kier molecular flexibility index (Phi) is 14.2. The van der Waals surface area contributed by atoms with Crippen LogP contribution in [0, 0.1) is 23.7 Å². The first-order valence-electron chi connectivity index (χ1n) is 13.9. The molecule has 1 rings (SSSR count). The topological polar surface area (TPSA) is 69.6 Å². The average molecular weight is 478 g/mol. The Labute approximate surface area is 210 Å². The summed E-state index contributed by atoms with van der Waals surface area (Å²) in [5.41, 5.74) is 2.13. The van der Waals surface area contributed by atoms with E-state index in [-0.39, 0.29) is 0 Å². The smallest absolute Gasteiger partial charge is 0.121 e. The molecule has 0 saturated heterocycles. The van der Waals surface area contributed by atoms with Gasteiger partial charge in [0.05, 0.1) is 12.2 Å². The average Bonchev–Trinajstić information content (AvgIpc) is 2.76. The van der Waals surface area contributed by atoms with Gasteiger partial charge in [-0.2, -0.15) is 0 Å². The maximum Gasteiger partial charge on any atom is 0.121 e. The van der Waals surface area contributed by atoms with Gasteiger partial charge in [0.25, 0.3) is 0 Å². The highest BCUT2D eigenvalue weighted by atomic mass is 16.5. The molecule has 0 heterocycles. The molecule has 0 aliphatic heterocycles. The molecule has 5 unspecified atom stereocenters. The Balaban J connectivity index is 2.23. The van der Waals surface area contributed by atoms with Crippen molar-refractivity contribution >= 4 is 5.97 Å². The molecule has 198 valence electrons. The summed E-state index contributed by atoms with van der Waals surface area (Å²) in [4.78, 5) is 10.8. The van der Waals surface area contributed by atoms with Gasteiger partial charge in [0, 0.05) is 5.97 Å². The molecular formula is C30H53O4-. The summed E-state index contributed by atoms with van der Waals surface area (Å²) < 4.78 is 5.99. The molecule has 1 N–H and O–H groups in total. The number of carboxylic acids is 1. The van der Waals surface area contributed by atoms with Crippen LogP contribution in [0.15, 0.2) is 23.0 Å². The summed E-state index contributed by atoms with van der Waals surface area (Å²) in [7, 11) is 0. The first kappa shape index (κ1) is 30.7. The van der Waals surface area contributed by atoms with E-state index in [0.29, 0.717) is 24.7 Å². The fourth-order valence-electron chi connectivity index (χ4n) is 5.00. The Hall–Kier alpha value is -1.29. The van der Waals surface area contributed by atoms with Crippen molar-refractivity contribution in [1.82, 2.24) is 0 Å². The second-order valence-corrected chi connectivity index (χ2v) is 11.5. The summed E-state index contributed by atoms with van der Waals surface area (Å²) in [6, 6.07) is 0. The highest BCUT2D eigenvalue weighted by molar-refractivity contribution is 5.66. The lowest BCUT2D eigenvalue weighted by atomic mass is 9.85. The number of carbonyl (C=O) groups is 1. The van der Waals surface area contributed by atoms with Crippen molar-refractivity contribution in [3.05, 3.63) is 23.0 Å². The summed E-state index contributed by atoms with van der Waals surface area (Å²) in [5.74, 6) is 1.72. The molecule has 5 atom stereocenters. The van der Waals surface area contributed by atoms with Crippen LogP contribution in [-0.2, 0) is 9.53 Å². The number of allylic oxidation sites excluding steroid dienone is 3. The first-order chi connectivity index (χ1) is 16.0. The molecule has 1 aliphatic rings. The van der Waals surface area contributed by atoms with E-state index in [9.17, 15) is 15.0 Å². The molecule has 4 heteroatoms. The van der Waals surface area contributed by atoms with E-state index in [1.54, 1.807) is 6.92 Å². The van der Waals surface area contributed by atoms with Crippen LogP contribution in [0.2, 0.25) is 0 Å². The SMILES string of the molecule is CCOC1=C(C)C(C)CC=C1CCC(C)CCCC(C)CCCC(C)(O)CCCC(C)C(=O)[O-]. The molecule has 0 bridgehead atoms. The van der Waals surface area contributed by atoms with E-state index < -0.39 is 17.5 Å². The zero-order chi connectivity index (χ0) is 25.7. The van der Waals surface area contributed by atoms with Crippen molar-refractivity contribution in [2.75, 3.05) is 6.61 Å². The third-order valence-corrected chi connectivity index (χ3v) is 7.86. The summed E-state index contributed by atoms with van der Waals surface area (Å²) in [6.45, 7) is 15.6. The fraction of sp³-hybridized carbons (Fsp3) is 0.833. The molecule has 0 radical (unpaired) electrons. The van der Waals surface area contributed by atoms with Crippen molar-refractivity contribution in [2.45, 2.75) is 131 Å². The van der Waals surface area contributed by atoms with Gasteiger partial charge in [-0.05, 0) is 101 Å². The predicted molar refractivity (Wildman–Crippen MR) is 140 cm³/mol. The maximum atomic E-state index is 10.8. The lowest BCUT2D eigenvalue weighted by Crippen LogP contribution is -2.30. The Bertz CT molecular complexity index is 661. The predicted octanol–water partition coefficient (Wildman–Crippen LogP) is 6.96. The van der Waals surface area contributed by atoms with Crippen LogP contribution >= 0.6 is 0 Å². The fourth-order valence-corrected chi connectivity index (χ4v) is 5.00. The maximum absolute atomic E-state index is 10.8. The number of rotatable bonds is 18. The number of carboxylic acid groups (broad SMARTS) is 1. The highest BCUT2D eigenvalue weighted by Gasteiger charge is 2.21. The van der Waals surface area contributed by atoms with Gasteiger partial charge in [-0.25, -0.2) is 0 Å². The molecular weight excluding hydrogens is 424 g/mol. The summed E-state index contributed by atoms with van der Waals surface area (Å²) in [6.07, 6.45) is 14.6. The van der Waals surface area contributed by atoms with Crippen LogP contribution in [0.4, 0.5) is 0 Å². The van der Waals surface area contributed by atoms with Crippen LogP contribution in [0.1, 0.15) is 126 Å². The second kappa shape index (κ2) is 15.7. The van der Waals surface area contributed by atoms with Crippen LogP contribution in [-0.4, -0.2) is 23.3 Å². The van der Waals surface area contributed by atoms with Gasteiger partial charge in [0.15, 0.2) is 0 Å². The van der Waals surface area contributed by atoms with Crippen LogP contribution < -0.4 is 5.11 Å². The molecule has 1 aliphatic carbocycles. The molecule has 0 saturated carbocycles. The molecule has 34 heavy (non-hydrogen) atoms. The summed E-state index contributed by atoms with van der Waals surface area (Å²) in [5, 5.41) is 21.4. The van der Waals surface area contributed by atoms with E-state index >= 15 is 0 Å². The van der Waals surface area contributed by atoms with Crippen LogP contribution in [0.5, 0.6) is 0 Å². The quantitative estimate of drug-likeness (QED) is 0.231. The van der Waals surface area contributed by atoms with Crippen molar-refractivity contribution in [1.29, 1.82) is 0 Å². The van der Waals surface area contributed by atoms with E-state index in [1.807, 2.05) is 6.92 Å². The number of hydrogen-bond acceptors (Lipinski definition) is 4. The number of aliphatic hydroxyl groups is 1. The van der Waals surface area contributed by atoms with Gasteiger partial charge >= 0.3 is 0 Å². The van der Waals surface area contributed by atoms with Crippen molar-refractivity contribution in [2.24, 2.45) is 23.7 Å². The third kappa shape index (κ3) is 11.9. The first-order valence-corrected chi connectivity index (χ1v) is 13.9. The van der Waals surface area contributed by atoms with Crippen molar-refractivity contribution in [3.8, 4) is 0 Å². The Morgan fingerprint density at radius 3 is 2.24 bits per heavy atom. The molecule has 0 spiro atoms. The Morgan fingerprint density at radius 2 is 1.65 bits per heavy atom. The van der Waals surface area contributed by atoms with Gasteiger partial charge in [-0.15, -0.1) is 0 Å². The van der Waals surface area contributed by atoms with E-state index in [4.69, 9.17) is 4.74 Å². The van der Waals surface area contributed by atoms with Gasteiger partial charge < -0.3 is 19.7 Å². The summed E-state index contributed by atoms with van der Waals surface area (Å²) >= 11 is 0. The zero-order valence-electron chi connectivity index (χ0n) is 23.3. The molecule has 4 nitrogen and oxygen atoms in total. The Morgan fingerprint density at radius 1 is 1.09 bits per heavy atom. The third-order valence-electron chi connectivity index (χ3n) is 7.86. The largest absolute Gasteiger partial charge is 0.550 e. The minimum absolute atomic E-state index is 0.436. The minimum atomic E-state index is -0.995. The van der Waals surface area contributed by atoms with E-state index in [0.717, 1.165) is 56.8 Å². The van der Waals surface area contributed by atoms with E-state index in [2.05, 4.69) is 40.7 Å². The van der Waals surface area contributed by atoms with Gasteiger partial charge in [0.1, 0.15) is 5.76 Å². The van der Waals surface area contributed by atoms with Gasteiger partial charge in [0.2, 0.25) is 0 Å². The molecule has 0 aromatic heterocycles. The van der Waals surface area contributed by atoms with Gasteiger partial charge in [-0.3, -0.25) is 0 Å². The van der Waals surface area contributed by atoms with Crippen LogP contribution in [0.3, 0.4) is 0 Å². The van der Waals surface area contributed by atoms with E-state index in [1.165, 1.54) is 36.8 Å². The monoisotopic (exact) mass is 477 g/mol. The molecule has 0 fully saturated rings. The number of aliphatic carboxylic acids is 1. The van der Waals surface area contributed by atoms with Crippen molar-refractivity contribution in [3.63, 3.8) is 0 Å². The standard InChI is InChI=1S/C30H54O4/c1-8-34-28-26(6)24(4)17-19-27(28)18-16-23(3)13-9-12-22(2)14-10-20-30(7,33)21-11-15-25(5)29(31)32/h19,22-25,33H,8-18,20-21H2,1-7H3,(H,31,32)/p-1. The normalized spacial score (nSPS) is 20.9. The lowest BCUT2D eigenvalue weighted by molar-refractivity contribution is -0.311. The number of carbonyl (C=O) groups excluding carboxylic acids is 1. The highest BCUT2D eigenvalue weighted by Crippen LogP contribution is 2.34. The van der Waals surface area contributed by atoms with Crippen molar-refractivity contribution < 1.29 is 19.7 Å². The lowest BCUT2D eigenvalue weighted by Gasteiger charge is -2.25. The number of hydrogen-bond donors (Lipinski definition) is 1. The van der Waals surface area contributed by atoms with Gasteiger partial charge in [-0.1, -0.05) is 65.9 Å². The molecule has 0 aromatic carbocycles. The molecule has 0 amide bonds. The molecule has 0 aromatic rings. The minimum Gasteiger partial charge on any atom is -0.550 e. The number of ether oxygens (including phenoxy) is 1. The zero-order valence-corrected chi connectivity index (χ0v) is 23.3. The second-order valence-electron chi connectivity index (χ2n) is 11.5.